The summed E-state index contributed by atoms with van der Waals surface area (Å²) < 4.78 is 27.0. The molecule has 0 bridgehead atoms. The maximum Gasteiger partial charge on any atom is 0.282 e. The predicted molar refractivity (Wildman–Crippen MR) is 95.2 cm³/mol. The van der Waals surface area contributed by atoms with Gasteiger partial charge in [0.2, 0.25) is 5.91 Å². The average molecular weight is 426 g/mol. The molecule has 11 heteroatoms. The number of halogens is 5. The summed E-state index contributed by atoms with van der Waals surface area (Å²) in [7, 11) is 1.41. The van der Waals surface area contributed by atoms with Crippen molar-refractivity contribution in [3.63, 3.8) is 0 Å². The molecule has 0 fully saturated rings. The lowest BCUT2D eigenvalue weighted by Gasteiger charge is -2.16. The first-order chi connectivity index (χ1) is 12.1. The molecule has 0 aliphatic rings. The second kappa shape index (κ2) is 8.20. The molecule has 1 heterocycles. The molecule has 26 heavy (non-hydrogen) atoms. The lowest BCUT2D eigenvalue weighted by molar-refractivity contribution is -0.117. The second-order valence-corrected chi connectivity index (χ2v) is 6.58. The van der Waals surface area contributed by atoms with Crippen LogP contribution in [0.4, 0.5) is 14.5 Å². The van der Waals surface area contributed by atoms with Crippen LogP contribution in [0.3, 0.4) is 0 Å². The summed E-state index contributed by atoms with van der Waals surface area (Å²) in [6, 6.07) is 1.72. The molecule has 2 aromatic rings. The zero-order valence-electron chi connectivity index (χ0n) is 13.5. The molecular formula is C15H13Cl3F2N4O2. The van der Waals surface area contributed by atoms with Gasteiger partial charge in [-0.05, 0) is 19.1 Å². The summed E-state index contributed by atoms with van der Waals surface area (Å²) >= 11 is 17.7. The largest absolute Gasteiger partial charge is 0.340 e. The van der Waals surface area contributed by atoms with E-state index in [1.54, 1.807) is 0 Å². The molecule has 1 atom stereocenters. The fraction of sp³-hybridized carbons (Fsp3) is 0.267. The van der Waals surface area contributed by atoms with E-state index in [4.69, 9.17) is 34.8 Å². The van der Waals surface area contributed by atoms with Crippen molar-refractivity contribution in [2.75, 3.05) is 5.32 Å². The average Bonchev–Trinajstić information content (AvgIpc) is 2.92. The number of hydrogen-bond donors (Lipinski definition) is 2. The molecule has 0 saturated heterocycles. The molecular weight excluding hydrogens is 413 g/mol. The zero-order valence-corrected chi connectivity index (χ0v) is 15.8. The van der Waals surface area contributed by atoms with Crippen molar-refractivity contribution in [2.24, 2.45) is 7.05 Å². The van der Waals surface area contributed by atoms with E-state index in [-0.39, 0.29) is 26.3 Å². The van der Waals surface area contributed by atoms with Gasteiger partial charge in [-0.1, -0.05) is 34.8 Å². The van der Waals surface area contributed by atoms with Crippen molar-refractivity contribution in [2.45, 2.75) is 19.4 Å². The highest BCUT2D eigenvalue weighted by molar-refractivity contribution is 6.42. The van der Waals surface area contributed by atoms with Crippen LogP contribution in [-0.2, 0) is 11.8 Å². The number of rotatable bonds is 5. The zero-order chi connectivity index (χ0) is 19.6. The summed E-state index contributed by atoms with van der Waals surface area (Å²) in [4.78, 5) is 24.4. The number of amides is 2. The molecule has 2 rings (SSSR count). The molecule has 0 saturated carbocycles. The minimum absolute atomic E-state index is 0.113. The van der Waals surface area contributed by atoms with Gasteiger partial charge in [0.15, 0.2) is 0 Å². The van der Waals surface area contributed by atoms with Gasteiger partial charge in [0.1, 0.15) is 11.7 Å². The summed E-state index contributed by atoms with van der Waals surface area (Å²) in [5.41, 5.74) is -0.857. The first kappa shape index (κ1) is 20.4. The summed E-state index contributed by atoms with van der Waals surface area (Å²) in [5.74, 6) is -1.50. The summed E-state index contributed by atoms with van der Waals surface area (Å²) in [5, 5.41) is 8.84. The van der Waals surface area contributed by atoms with Crippen LogP contribution in [-0.4, -0.2) is 27.6 Å². The number of aryl methyl sites for hydroxylation is 1. The second-order valence-electron chi connectivity index (χ2n) is 5.33. The van der Waals surface area contributed by atoms with E-state index in [2.05, 4.69) is 15.7 Å². The first-order valence-corrected chi connectivity index (χ1v) is 8.31. The fourth-order valence-corrected chi connectivity index (χ4v) is 2.99. The van der Waals surface area contributed by atoms with E-state index < -0.39 is 30.0 Å². The number of benzene rings is 1. The monoisotopic (exact) mass is 424 g/mol. The van der Waals surface area contributed by atoms with E-state index in [0.29, 0.717) is 0 Å². The molecule has 0 spiro atoms. The van der Waals surface area contributed by atoms with Crippen molar-refractivity contribution in [1.82, 2.24) is 15.1 Å². The van der Waals surface area contributed by atoms with E-state index in [0.717, 1.165) is 10.9 Å². The normalized spacial score (nSPS) is 12.2. The Morgan fingerprint density at radius 1 is 1.19 bits per heavy atom. The van der Waals surface area contributed by atoms with Crippen LogP contribution in [0, 0.1) is 0 Å². The van der Waals surface area contributed by atoms with Crippen molar-refractivity contribution >= 4 is 52.3 Å². The van der Waals surface area contributed by atoms with Gasteiger partial charge in [-0.3, -0.25) is 14.3 Å². The van der Waals surface area contributed by atoms with Gasteiger partial charge in [0.05, 0.1) is 21.3 Å². The third-order valence-electron chi connectivity index (χ3n) is 3.30. The highest BCUT2D eigenvalue weighted by Crippen LogP contribution is 2.33. The first-order valence-electron chi connectivity index (χ1n) is 7.18. The van der Waals surface area contributed by atoms with Crippen LogP contribution in [0.1, 0.15) is 29.4 Å². The van der Waals surface area contributed by atoms with Crippen LogP contribution in [0.2, 0.25) is 15.1 Å². The predicted octanol–water partition coefficient (Wildman–Crippen LogP) is 4.07. The number of hydrogen-bond acceptors (Lipinski definition) is 3. The maximum atomic E-state index is 12.9. The maximum absolute atomic E-state index is 12.9. The van der Waals surface area contributed by atoms with Gasteiger partial charge in [0, 0.05) is 18.3 Å². The van der Waals surface area contributed by atoms with Gasteiger partial charge in [-0.15, -0.1) is 0 Å². The van der Waals surface area contributed by atoms with Gasteiger partial charge in [-0.25, -0.2) is 8.78 Å². The number of alkyl halides is 2. The molecule has 1 aromatic heterocycles. The van der Waals surface area contributed by atoms with Crippen LogP contribution in [0.15, 0.2) is 18.3 Å². The molecule has 2 amide bonds. The van der Waals surface area contributed by atoms with Gasteiger partial charge in [-0.2, -0.15) is 5.10 Å². The highest BCUT2D eigenvalue weighted by atomic mass is 35.5. The number of anilines is 1. The van der Waals surface area contributed by atoms with Crippen LogP contribution in [0.25, 0.3) is 0 Å². The molecule has 1 aromatic carbocycles. The topological polar surface area (TPSA) is 76.0 Å². The lowest BCUT2D eigenvalue weighted by Crippen LogP contribution is -2.41. The van der Waals surface area contributed by atoms with E-state index in [1.807, 2.05) is 0 Å². The minimum Gasteiger partial charge on any atom is -0.340 e. The van der Waals surface area contributed by atoms with Crippen molar-refractivity contribution in [1.29, 1.82) is 0 Å². The molecule has 6 nitrogen and oxygen atoms in total. The Hall–Kier alpha value is -1.90. The Kier molecular flexibility index (Phi) is 6.44. The molecule has 0 aliphatic carbocycles. The van der Waals surface area contributed by atoms with Crippen molar-refractivity contribution < 1.29 is 18.4 Å². The van der Waals surface area contributed by atoms with Gasteiger partial charge < -0.3 is 10.6 Å². The van der Waals surface area contributed by atoms with E-state index >= 15 is 0 Å². The van der Waals surface area contributed by atoms with Crippen LogP contribution in [0.5, 0.6) is 0 Å². The molecule has 140 valence electrons. The summed E-state index contributed by atoms with van der Waals surface area (Å²) in [6.45, 7) is 1.38. The Bertz CT molecular complexity index is 834. The number of carbonyl (C=O) groups is 2. The van der Waals surface area contributed by atoms with Crippen LogP contribution >= 0.6 is 34.8 Å². The number of carbonyl (C=O) groups excluding carboxylic acids is 2. The van der Waals surface area contributed by atoms with Gasteiger partial charge >= 0.3 is 0 Å². The molecule has 0 radical (unpaired) electrons. The summed E-state index contributed by atoms with van der Waals surface area (Å²) in [6.07, 6.45) is -1.78. The third kappa shape index (κ3) is 4.63. The molecule has 2 N–H and O–H groups in total. The Labute approximate surface area is 162 Å². The Morgan fingerprint density at radius 2 is 1.77 bits per heavy atom. The smallest absolute Gasteiger partial charge is 0.282 e. The highest BCUT2D eigenvalue weighted by Gasteiger charge is 2.25. The van der Waals surface area contributed by atoms with E-state index in [9.17, 15) is 18.4 Å². The fourth-order valence-electron chi connectivity index (χ4n) is 2.07. The van der Waals surface area contributed by atoms with Crippen molar-refractivity contribution in [3.8, 4) is 0 Å². The lowest BCUT2D eigenvalue weighted by atomic mass is 10.2. The standard InChI is InChI=1S/C15H13Cl3F2N4O2/c1-6(14(25)22-12-9(17)3-7(16)4-10(12)18)21-15(26)8-5-24(2)23-11(8)13(19)20/h3-6,13H,1-2H3,(H,21,26)(H,22,25). The quantitative estimate of drug-likeness (QED) is 0.758. The number of nitrogens with zero attached hydrogens (tertiary/aromatic N) is 2. The molecule has 0 aliphatic heterocycles. The number of aromatic nitrogens is 2. The third-order valence-corrected chi connectivity index (χ3v) is 4.12. The van der Waals surface area contributed by atoms with E-state index in [1.165, 1.54) is 26.1 Å². The molecule has 1 unspecified atom stereocenters. The van der Waals surface area contributed by atoms with Gasteiger partial charge in [0.25, 0.3) is 12.3 Å². The number of nitrogens with one attached hydrogen (secondary N) is 2. The van der Waals surface area contributed by atoms with Crippen LogP contribution < -0.4 is 10.6 Å². The van der Waals surface area contributed by atoms with Crippen molar-refractivity contribution in [3.05, 3.63) is 44.7 Å². The Balaban J connectivity index is 2.11. The minimum atomic E-state index is -2.92. The Morgan fingerprint density at radius 3 is 2.31 bits per heavy atom. The SMILES string of the molecule is CC(NC(=O)c1cn(C)nc1C(F)F)C(=O)Nc1c(Cl)cc(Cl)cc1Cl.